The average molecular weight is 252 g/mol. The van der Waals surface area contributed by atoms with E-state index in [0.29, 0.717) is 6.61 Å². The van der Waals surface area contributed by atoms with E-state index in [1.54, 1.807) is 6.92 Å². The van der Waals surface area contributed by atoms with Crippen molar-refractivity contribution in [1.29, 1.82) is 0 Å². The van der Waals surface area contributed by atoms with Gasteiger partial charge in [0.1, 0.15) is 24.4 Å². The third kappa shape index (κ3) is 3.85. The molecule has 7 nitrogen and oxygen atoms in total. The highest BCUT2D eigenvalue weighted by Crippen LogP contribution is 2.22. The summed E-state index contributed by atoms with van der Waals surface area (Å²) >= 11 is 0. The van der Waals surface area contributed by atoms with Gasteiger partial charge in [-0.15, -0.1) is 0 Å². The van der Waals surface area contributed by atoms with Gasteiger partial charge in [0.15, 0.2) is 6.29 Å². The van der Waals surface area contributed by atoms with E-state index in [9.17, 15) is 15.3 Å². The summed E-state index contributed by atoms with van der Waals surface area (Å²) in [7, 11) is 0. The van der Waals surface area contributed by atoms with Gasteiger partial charge in [0.05, 0.1) is 19.8 Å². The standard InChI is InChI=1S/C10H20O7/c1-2-15-5-6-7(12)8(13)9(10(14)17-6)16-4-3-11/h6-14H,2-5H2,1H3/t6-,7-,8+,9-,10-/m1/s1. The van der Waals surface area contributed by atoms with Gasteiger partial charge < -0.3 is 34.6 Å². The molecule has 1 rings (SSSR count). The van der Waals surface area contributed by atoms with E-state index in [2.05, 4.69) is 0 Å². The van der Waals surface area contributed by atoms with E-state index >= 15 is 0 Å². The zero-order chi connectivity index (χ0) is 12.8. The molecular formula is C10H20O7. The smallest absolute Gasteiger partial charge is 0.184 e. The van der Waals surface area contributed by atoms with Crippen molar-refractivity contribution >= 4 is 0 Å². The molecule has 1 saturated heterocycles. The predicted octanol–water partition coefficient (Wildman–Crippen LogP) is -2.16. The van der Waals surface area contributed by atoms with Crippen molar-refractivity contribution in [3.8, 4) is 0 Å². The molecule has 0 bridgehead atoms. The van der Waals surface area contributed by atoms with Gasteiger partial charge in [-0.2, -0.15) is 0 Å². The molecule has 0 unspecified atom stereocenters. The average Bonchev–Trinajstić information content (AvgIpc) is 2.32. The summed E-state index contributed by atoms with van der Waals surface area (Å²) in [4.78, 5) is 0. The van der Waals surface area contributed by atoms with Crippen molar-refractivity contribution in [2.75, 3.05) is 26.4 Å². The largest absolute Gasteiger partial charge is 0.394 e. The minimum Gasteiger partial charge on any atom is -0.394 e. The van der Waals surface area contributed by atoms with Gasteiger partial charge in [0.2, 0.25) is 0 Å². The molecule has 0 spiro atoms. The van der Waals surface area contributed by atoms with Crippen LogP contribution in [-0.2, 0) is 14.2 Å². The van der Waals surface area contributed by atoms with E-state index in [0.717, 1.165) is 0 Å². The fourth-order valence-corrected chi connectivity index (χ4v) is 1.66. The van der Waals surface area contributed by atoms with E-state index < -0.39 is 30.7 Å². The Hall–Kier alpha value is -0.280. The first kappa shape index (κ1) is 14.8. The van der Waals surface area contributed by atoms with E-state index in [4.69, 9.17) is 19.3 Å². The van der Waals surface area contributed by atoms with Crippen LogP contribution in [0.3, 0.4) is 0 Å². The summed E-state index contributed by atoms with van der Waals surface area (Å²) in [5, 5.41) is 37.7. The molecule has 7 heteroatoms. The van der Waals surface area contributed by atoms with Gasteiger partial charge >= 0.3 is 0 Å². The van der Waals surface area contributed by atoms with Crippen LogP contribution in [0, 0.1) is 0 Å². The number of rotatable bonds is 6. The summed E-state index contributed by atoms with van der Waals surface area (Å²) in [5.74, 6) is 0. The summed E-state index contributed by atoms with van der Waals surface area (Å²) in [6, 6.07) is 0. The summed E-state index contributed by atoms with van der Waals surface area (Å²) in [6.07, 6.45) is -5.71. The molecule has 0 amide bonds. The number of hydrogen-bond donors (Lipinski definition) is 4. The Morgan fingerprint density at radius 1 is 1.18 bits per heavy atom. The van der Waals surface area contributed by atoms with Gasteiger partial charge in [0, 0.05) is 6.61 Å². The maximum Gasteiger partial charge on any atom is 0.184 e. The first-order valence-corrected chi connectivity index (χ1v) is 5.61. The highest BCUT2D eigenvalue weighted by Gasteiger charge is 2.44. The number of hydrogen-bond acceptors (Lipinski definition) is 7. The molecule has 1 aliphatic heterocycles. The van der Waals surface area contributed by atoms with E-state index in [-0.39, 0.29) is 19.8 Å². The Kier molecular flexibility index (Phi) is 6.28. The number of aliphatic hydroxyl groups is 4. The Bertz CT molecular complexity index is 213. The van der Waals surface area contributed by atoms with E-state index in [1.807, 2.05) is 0 Å². The molecule has 4 N–H and O–H groups in total. The second-order valence-corrected chi connectivity index (χ2v) is 3.76. The second kappa shape index (κ2) is 7.22. The molecular weight excluding hydrogens is 232 g/mol. The summed E-state index contributed by atoms with van der Waals surface area (Å²) in [6.45, 7) is 2.02. The van der Waals surface area contributed by atoms with Crippen LogP contribution in [0.1, 0.15) is 6.92 Å². The Labute approximate surface area is 99.5 Å². The van der Waals surface area contributed by atoms with Gasteiger partial charge in [-0.25, -0.2) is 0 Å². The molecule has 0 aliphatic carbocycles. The third-order valence-corrected chi connectivity index (χ3v) is 2.55. The van der Waals surface area contributed by atoms with Crippen molar-refractivity contribution in [2.45, 2.75) is 37.6 Å². The van der Waals surface area contributed by atoms with Crippen molar-refractivity contribution in [3.63, 3.8) is 0 Å². The van der Waals surface area contributed by atoms with Gasteiger partial charge in [-0.3, -0.25) is 0 Å². The lowest BCUT2D eigenvalue weighted by Crippen LogP contribution is -2.59. The Balaban J connectivity index is 2.53. The lowest BCUT2D eigenvalue weighted by Gasteiger charge is -2.40. The molecule has 17 heavy (non-hydrogen) atoms. The molecule has 1 fully saturated rings. The molecule has 0 aromatic heterocycles. The third-order valence-electron chi connectivity index (χ3n) is 2.55. The molecule has 5 atom stereocenters. The SMILES string of the molecule is CCOC[C@H]1O[C@@H](O)[C@H](OCCO)[C@@H](O)[C@@H]1O. The van der Waals surface area contributed by atoms with Crippen LogP contribution in [0.15, 0.2) is 0 Å². The molecule has 102 valence electrons. The number of ether oxygens (including phenoxy) is 3. The molecule has 1 aliphatic rings. The quantitative estimate of drug-likeness (QED) is 0.426. The fourth-order valence-electron chi connectivity index (χ4n) is 1.66. The molecule has 0 radical (unpaired) electrons. The summed E-state index contributed by atoms with van der Waals surface area (Å²) in [5.41, 5.74) is 0. The van der Waals surface area contributed by atoms with Gasteiger partial charge in [-0.1, -0.05) is 0 Å². The lowest BCUT2D eigenvalue weighted by molar-refractivity contribution is -0.298. The zero-order valence-electron chi connectivity index (χ0n) is 9.73. The van der Waals surface area contributed by atoms with Crippen LogP contribution in [0.4, 0.5) is 0 Å². The van der Waals surface area contributed by atoms with Crippen LogP contribution < -0.4 is 0 Å². The highest BCUT2D eigenvalue weighted by atomic mass is 16.7. The molecule has 0 aromatic rings. The van der Waals surface area contributed by atoms with Crippen LogP contribution in [0.2, 0.25) is 0 Å². The highest BCUT2D eigenvalue weighted by molar-refractivity contribution is 4.89. The van der Waals surface area contributed by atoms with Crippen molar-refractivity contribution in [3.05, 3.63) is 0 Å². The fraction of sp³-hybridized carbons (Fsp3) is 1.00. The second-order valence-electron chi connectivity index (χ2n) is 3.76. The molecule has 1 heterocycles. The van der Waals surface area contributed by atoms with Crippen LogP contribution >= 0.6 is 0 Å². The monoisotopic (exact) mass is 252 g/mol. The first-order chi connectivity index (χ1) is 8.11. The van der Waals surface area contributed by atoms with Crippen molar-refractivity contribution in [1.82, 2.24) is 0 Å². The summed E-state index contributed by atoms with van der Waals surface area (Å²) < 4.78 is 15.2. The van der Waals surface area contributed by atoms with Gasteiger partial charge in [0.25, 0.3) is 0 Å². The van der Waals surface area contributed by atoms with Crippen LogP contribution in [-0.4, -0.2) is 77.6 Å². The normalized spacial score (nSPS) is 38.3. The zero-order valence-corrected chi connectivity index (χ0v) is 9.73. The predicted molar refractivity (Wildman–Crippen MR) is 56.2 cm³/mol. The Morgan fingerprint density at radius 3 is 2.47 bits per heavy atom. The van der Waals surface area contributed by atoms with Crippen molar-refractivity contribution in [2.24, 2.45) is 0 Å². The topological polar surface area (TPSA) is 109 Å². The maximum atomic E-state index is 9.75. The maximum absolute atomic E-state index is 9.75. The van der Waals surface area contributed by atoms with E-state index in [1.165, 1.54) is 0 Å². The molecule has 0 aromatic carbocycles. The first-order valence-electron chi connectivity index (χ1n) is 5.61. The minimum absolute atomic E-state index is 0.0506. The lowest BCUT2D eigenvalue weighted by atomic mass is 9.99. The number of aliphatic hydroxyl groups excluding tert-OH is 4. The van der Waals surface area contributed by atoms with Crippen molar-refractivity contribution < 1.29 is 34.6 Å². The minimum atomic E-state index is -1.36. The molecule has 0 saturated carbocycles. The van der Waals surface area contributed by atoms with Gasteiger partial charge in [-0.05, 0) is 6.92 Å². The Morgan fingerprint density at radius 2 is 1.88 bits per heavy atom. The van der Waals surface area contributed by atoms with Crippen LogP contribution in [0.5, 0.6) is 0 Å². The van der Waals surface area contributed by atoms with Crippen LogP contribution in [0.25, 0.3) is 0 Å².